The van der Waals surface area contributed by atoms with Crippen molar-refractivity contribution in [2.45, 2.75) is 33.5 Å². The van der Waals surface area contributed by atoms with E-state index in [1.165, 1.54) is 0 Å². The lowest BCUT2D eigenvalue weighted by Crippen LogP contribution is -2.30. The molecule has 8 nitrogen and oxygen atoms in total. The maximum Gasteiger partial charge on any atom is 0.254 e. The standard InChI is InChI=1S/C17H21N7O/c1-3-22(10-15-9-19-23(4-2)12-15)17(25)16-7-5-14(6-8-16)11-24-13-18-20-21-24/h5-9,12-13H,3-4,10-11H2,1-2H3. The van der Waals surface area contributed by atoms with Crippen LogP contribution < -0.4 is 0 Å². The van der Waals surface area contributed by atoms with Gasteiger partial charge >= 0.3 is 0 Å². The van der Waals surface area contributed by atoms with Gasteiger partial charge in [0.15, 0.2) is 0 Å². The summed E-state index contributed by atoms with van der Waals surface area (Å²) in [7, 11) is 0. The van der Waals surface area contributed by atoms with Gasteiger partial charge in [0.2, 0.25) is 0 Å². The third kappa shape index (κ3) is 4.09. The molecule has 0 fully saturated rings. The van der Waals surface area contributed by atoms with E-state index in [0.717, 1.165) is 17.7 Å². The summed E-state index contributed by atoms with van der Waals surface area (Å²) in [6.07, 6.45) is 5.36. The minimum atomic E-state index is 0.0146. The van der Waals surface area contributed by atoms with Crippen molar-refractivity contribution in [1.82, 2.24) is 34.9 Å². The average molecular weight is 339 g/mol. The first-order valence-corrected chi connectivity index (χ1v) is 8.30. The van der Waals surface area contributed by atoms with Crippen molar-refractivity contribution in [3.63, 3.8) is 0 Å². The molecule has 0 bridgehead atoms. The van der Waals surface area contributed by atoms with E-state index in [9.17, 15) is 4.79 Å². The monoisotopic (exact) mass is 339 g/mol. The summed E-state index contributed by atoms with van der Waals surface area (Å²) in [5, 5.41) is 15.3. The van der Waals surface area contributed by atoms with Crippen molar-refractivity contribution in [2.75, 3.05) is 6.54 Å². The second-order valence-corrected chi connectivity index (χ2v) is 5.73. The van der Waals surface area contributed by atoms with E-state index in [1.807, 2.05) is 60.1 Å². The Morgan fingerprint density at radius 1 is 1.12 bits per heavy atom. The number of amides is 1. The second kappa shape index (κ2) is 7.69. The van der Waals surface area contributed by atoms with Crippen LogP contribution in [0.4, 0.5) is 0 Å². The maximum absolute atomic E-state index is 12.7. The Bertz CT molecular complexity index is 808. The van der Waals surface area contributed by atoms with E-state index in [4.69, 9.17) is 0 Å². The number of tetrazole rings is 1. The molecule has 0 aliphatic rings. The molecule has 0 aliphatic heterocycles. The van der Waals surface area contributed by atoms with Gasteiger partial charge < -0.3 is 4.90 Å². The minimum Gasteiger partial charge on any atom is -0.334 e. The van der Waals surface area contributed by atoms with Crippen molar-refractivity contribution in [1.29, 1.82) is 0 Å². The summed E-state index contributed by atoms with van der Waals surface area (Å²) in [6.45, 7) is 6.62. The van der Waals surface area contributed by atoms with Crippen LogP contribution in [0.25, 0.3) is 0 Å². The van der Waals surface area contributed by atoms with Crippen LogP contribution in [0.2, 0.25) is 0 Å². The Hall–Kier alpha value is -3.03. The number of nitrogens with zero attached hydrogens (tertiary/aromatic N) is 7. The van der Waals surface area contributed by atoms with Gasteiger partial charge in [0.05, 0.1) is 12.7 Å². The molecule has 1 amide bonds. The molecule has 0 atom stereocenters. The number of hydrogen-bond acceptors (Lipinski definition) is 5. The third-order valence-electron chi connectivity index (χ3n) is 3.99. The second-order valence-electron chi connectivity index (χ2n) is 5.73. The van der Waals surface area contributed by atoms with Crippen LogP contribution in [-0.4, -0.2) is 47.3 Å². The molecule has 0 unspecified atom stereocenters. The van der Waals surface area contributed by atoms with Crippen LogP contribution in [0.5, 0.6) is 0 Å². The van der Waals surface area contributed by atoms with Crippen molar-refractivity contribution >= 4 is 5.91 Å². The van der Waals surface area contributed by atoms with Gasteiger partial charge in [-0.2, -0.15) is 5.10 Å². The summed E-state index contributed by atoms with van der Waals surface area (Å²) in [6, 6.07) is 7.55. The molecule has 0 aliphatic carbocycles. The first-order valence-electron chi connectivity index (χ1n) is 8.30. The summed E-state index contributed by atoms with van der Waals surface area (Å²) < 4.78 is 3.50. The molecule has 0 saturated heterocycles. The molecule has 2 heterocycles. The zero-order valence-electron chi connectivity index (χ0n) is 14.4. The van der Waals surface area contributed by atoms with E-state index in [-0.39, 0.29) is 5.91 Å². The molecule has 25 heavy (non-hydrogen) atoms. The Kier molecular flexibility index (Phi) is 5.17. The molecule has 0 N–H and O–H groups in total. The molecule has 0 saturated carbocycles. The van der Waals surface area contributed by atoms with Gasteiger partial charge in [0.25, 0.3) is 5.91 Å². The Labute approximate surface area is 146 Å². The predicted octanol–water partition coefficient (Wildman–Crippen LogP) is 1.60. The number of carbonyl (C=O) groups excluding carboxylic acids is 1. The predicted molar refractivity (Wildman–Crippen MR) is 91.7 cm³/mol. The third-order valence-corrected chi connectivity index (χ3v) is 3.99. The molecule has 0 spiro atoms. The smallest absolute Gasteiger partial charge is 0.254 e. The molecule has 0 radical (unpaired) electrons. The molecule has 8 heteroatoms. The van der Waals surface area contributed by atoms with Gasteiger partial charge in [-0.3, -0.25) is 9.48 Å². The highest BCUT2D eigenvalue weighted by molar-refractivity contribution is 5.94. The quantitative estimate of drug-likeness (QED) is 0.653. The first-order chi connectivity index (χ1) is 12.2. The summed E-state index contributed by atoms with van der Waals surface area (Å²) in [5.41, 5.74) is 2.74. The highest BCUT2D eigenvalue weighted by Gasteiger charge is 2.15. The van der Waals surface area contributed by atoms with Gasteiger partial charge in [0, 0.05) is 37.0 Å². The number of aromatic nitrogens is 6. The van der Waals surface area contributed by atoms with E-state index in [0.29, 0.717) is 25.2 Å². The molecule has 3 rings (SSSR count). The largest absolute Gasteiger partial charge is 0.334 e. The van der Waals surface area contributed by atoms with Crippen molar-refractivity contribution in [3.05, 3.63) is 59.7 Å². The van der Waals surface area contributed by atoms with Crippen LogP contribution in [-0.2, 0) is 19.6 Å². The fraction of sp³-hybridized carbons (Fsp3) is 0.353. The van der Waals surface area contributed by atoms with E-state index in [1.54, 1.807) is 11.0 Å². The van der Waals surface area contributed by atoms with Gasteiger partial charge in [0.1, 0.15) is 6.33 Å². The van der Waals surface area contributed by atoms with Gasteiger partial charge in [-0.05, 0) is 42.0 Å². The Morgan fingerprint density at radius 2 is 1.92 bits per heavy atom. The zero-order valence-corrected chi connectivity index (χ0v) is 14.4. The fourth-order valence-electron chi connectivity index (χ4n) is 2.58. The lowest BCUT2D eigenvalue weighted by molar-refractivity contribution is 0.0752. The summed E-state index contributed by atoms with van der Waals surface area (Å²) >= 11 is 0. The van der Waals surface area contributed by atoms with Crippen molar-refractivity contribution in [2.24, 2.45) is 0 Å². The summed E-state index contributed by atoms with van der Waals surface area (Å²) in [5.74, 6) is 0.0146. The molecule has 2 aromatic heterocycles. The van der Waals surface area contributed by atoms with Crippen molar-refractivity contribution in [3.8, 4) is 0 Å². The number of benzene rings is 1. The molecule has 1 aromatic carbocycles. The molecule has 3 aromatic rings. The SMILES string of the molecule is CCN(Cc1cnn(CC)c1)C(=O)c1ccc(Cn2cnnn2)cc1. The first kappa shape index (κ1) is 16.8. The number of rotatable bonds is 7. The normalized spacial score (nSPS) is 10.8. The van der Waals surface area contributed by atoms with Crippen LogP contribution in [0, 0.1) is 0 Å². The van der Waals surface area contributed by atoms with Crippen LogP contribution >= 0.6 is 0 Å². The number of hydrogen-bond donors (Lipinski definition) is 0. The average Bonchev–Trinajstić information content (AvgIpc) is 3.31. The number of carbonyl (C=O) groups is 1. The maximum atomic E-state index is 12.7. The highest BCUT2D eigenvalue weighted by Crippen LogP contribution is 2.12. The van der Waals surface area contributed by atoms with Crippen LogP contribution in [0.3, 0.4) is 0 Å². The molecular weight excluding hydrogens is 318 g/mol. The number of aryl methyl sites for hydroxylation is 1. The van der Waals surface area contributed by atoms with Gasteiger partial charge in [-0.1, -0.05) is 12.1 Å². The van der Waals surface area contributed by atoms with Crippen molar-refractivity contribution < 1.29 is 4.79 Å². The zero-order chi connectivity index (χ0) is 17.6. The minimum absolute atomic E-state index is 0.0146. The Balaban J connectivity index is 1.67. The van der Waals surface area contributed by atoms with Crippen LogP contribution in [0.1, 0.15) is 35.3 Å². The fourth-order valence-corrected chi connectivity index (χ4v) is 2.58. The van der Waals surface area contributed by atoms with Gasteiger partial charge in [-0.25, -0.2) is 4.68 Å². The van der Waals surface area contributed by atoms with E-state index >= 15 is 0 Å². The molecular formula is C17H21N7O. The van der Waals surface area contributed by atoms with Crippen LogP contribution in [0.15, 0.2) is 43.0 Å². The van der Waals surface area contributed by atoms with E-state index < -0.39 is 0 Å². The highest BCUT2D eigenvalue weighted by atomic mass is 16.2. The molecule has 130 valence electrons. The topological polar surface area (TPSA) is 81.7 Å². The summed E-state index contributed by atoms with van der Waals surface area (Å²) in [4.78, 5) is 14.6. The van der Waals surface area contributed by atoms with E-state index in [2.05, 4.69) is 20.6 Å². The lowest BCUT2D eigenvalue weighted by Gasteiger charge is -2.20. The Morgan fingerprint density at radius 3 is 2.52 bits per heavy atom. The van der Waals surface area contributed by atoms with Gasteiger partial charge in [-0.15, -0.1) is 5.10 Å². The lowest BCUT2D eigenvalue weighted by atomic mass is 10.1.